The molecular weight excluding hydrogens is 272 g/mol. The monoisotopic (exact) mass is 288 g/mol. The number of piperazine rings is 1. The summed E-state index contributed by atoms with van der Waals surface area (Å²) in [6.45, 7) is 3.87. The van der Waals surface area contributed by atoms with E-state index in [9.17, 15) is 0 Å². The average Bonchev–Trinajstić information content (AvgIpc) is 2.49. The largest absolute Gasteiger partial charge is 0.383 e. The molecule has 0 atom stereocenters. The van der Waals surface area contributed by atoms with E-state index in [0.717, 1.165) is 43.0 Å². The number of anilines is 2. The van der Waals surface area contributed by atoms with Gasteiger partial charge in [0.05, 0.1) is 0 Å². The van der Waals surface area contributed by atoms with Crippen LogP contribution < -0.4 is 16.0 Å². The molecule has 3 N–H and O–H groups in total. The third kappa shape index (κ3) is 2.44. The molecule has 0 spiro atoms. The maximum absolute atomic E-state index is 6.33. The first kappa shape index (κ1) is 13.2. The van der Waals surface area contributed by atoms with Crippen molar-refractivity contribution >= 4 is 23.1 Å². The van der Waals surface area contributed by atoms with E-state index < -0.39 is 0 Å². The number of hydrogen-bond donors (Lipinski definition) is 2. The number of nitrogens with one attached hydrogen (secondary N) is 1. The van der Waals surface area contributed by atoms with E-state index >= 15 is 0 Å². The van der Waals surface area contributed by atoms with Gasteiger partial charge in [0.2, 0.25) is 0 Å². The maximum Gasteiger partial charge on any atom is 0.133 e. The van der Waals surface area contributed by atoms with Gasteiger partial charge in [0.15, 0.2) is 0 Å². The van der Waals surface area contributed by atoms with Crippen molar-refractivity contribution in [2.45, 2.75) is 0 Å². The Balaban J connectivity index is 2.12. The Hall–Kier alpha value is -1.78. The number of nitrogens with two attached hydrogens (primary N) is 1. The first-order chi connectivity index (χ1) is 9.77. The molecule has 1 aromatic carbocycles. The molecular formula is C15H17ClN4. The highest BCUT2D eigenvalue weighted by molar-refractivity contribution is 6.33. The van der Waals surface area contributed by atoms with Crippen molar-refractivity contribution in [2.24, 2.45) is 0 Å². The molecule has 1 aromatic heterocycles. The fraction of sp³-hybridized carbons (Fsp3) is 0.267. The van der Waals surface area contributed by atoms with Crippen LogP contribution in [0.3, 0.4) is 0 Å². The first-order valence-corrected chi connectivity index (χ1v) is 7.10. The highest BCUT2D eigenvalue weighted by atomic mass is 35.5. The molecule has 0 radical (unpaired) electrons. The summed E-state index contributed by atoms with van der Waals surface area (Å²) >= 11 is 6.33. The van der Waals surface area contributed by atoms with E-state index in [1.807, 2.05) is 30.3 Å². The van der Waals surface area contributed by atoms with Gasteiger partial charge in [0, 0.05) is 54.2 Å². The van der Waals surface area contributed by atoms with Gasteiger partial charge in [-0.2, -0.15) is 0 Å². The van der Waals surface area contributed by atoms with Gasteiger partial charge in [-0.05, 0) is 12.1 Å². The second-order valence-corrected chi connectivity index (χ2v) is 5.21. The van der Waals surface area contributed by atoms with E-state index in [1.54, 1.807) is 6.20 Å². The zero-order valence-corrected chi connectivity index (χ0v) is 11.9. The van der Waals surface area contributed by atoms with Gasteiger partial charge in [-0.25, -0.2) is 4.98 Å². The lowest BCUT2D eigenvalue weighted by Crippen LogP contribution is -2.43. The molecule has 3 rings (SSSR count). The summed E-state index contributed by atoms with van der Waals surface area (Å²) in [6, 6.07) is 9.77. The third-order valence-electron chi connectivity index (χ3n) is 3.56. The molecule has 0 unspecified atom stereocenters. The lowest BCUT2D eigenvalue weighted by atomic mass is 10.0. The second-order valence-electron chi connectivity index (χ2n) is 4.81. The van der Waals surface area contributed by atoms with Crippen LogP contribution in [0.25, 0.3) is 11.1 Å². The highest BCUT2D eigenvalue weighted by Crippen LogP contribution is 2.38. The molecule has 0 saturated carbocycles. The highest BCUT2D eigenvalue weighted by Gasteiger charge is 2.19. The van der Waals surface area contributed by atoms with Crippen LogP contribution in [-0.2, 0) is 0 Å². The number of pyridine rings is 1. The lowest BCUT2D eigenvalue weighted by Gasteiger charge is -2.31. The summed E-state index contributed by atoms with van der Waals surface area (Å²) in [5.41, 5.74) is 9.09. The van der Waals surface area contributed by atoms with Gasteiger partial charge in [0.25, 0.3) is 0 Å². The van der Waals surface area contributed by atoms with Gasteiger partial charge >= 0.3 is 0 Å². The number of rotatable bonds is 2. The normalized spacial score (nSPS) is 15.3. The van der Waals surface area contributed by atoms with E-state index in [-0.39, 0.29) is 0 Å². The van der Waals surface area contributed by atoms with Crippen LogP contribution in [0.5, 0.6) is 0 Å². The minimum atomic E-state index is 0.522. The zero-order chi connectivity index (χ0) is 13.9. The number of halogens is 1. The van der Waals surface area contributed by atoms with Crippen LogP contribution in [0.15, 0.2) is 36.5 Å². The van der Waals surface area contributed by atoms with Crippen molar-refractivity contribution in [1.82, 2.24) is 10.3 Å². The number of hydrogen-bond acceptors (Lipinski definition) is 4. The van der Waals surface area contributed by atoms with E-state index in [1.165, 1.54) is 0 Å². The SMILES string of the molecule is Nc1nccc(N2CCNCC2)c1-c1ccccc1Cl. The van der Waals surface area contributed by atoms with Gasteiger partial charge < -0.3 is 16.0 Å². The smallest absolute Gasteiger partial charge is 0.133 e. The predicted molar refractivity (Wildman–Crippen MR) is 84.2 cm³/mol. The summed E-state index contributed by atoms with van der Waals surface area (Å²) < 4.78 is 0. The zero-order valence-electron chi connectivity index (χ0n) is 11.1. The Kier molecular flexibility index (Phi) is 3.76. The average molecular weight is 289 g/mol. The summed E-state index contributed by atoms with van der Waals surface area (Å²) in [5.74, 6) is 0.522. The number of aromatic nitrogens is 1. The Morgan fingerprint density at radius 3 is 2.65 bits per heavy atom. The van der Waals surface area contributed by atoms with Gasteiger partial charge in [0.1, 0.15) is 5.82 Å². The first-order valence-electron chi connectivity index (χ1n) is 6.72. The summed E-state index contributed by atoms with van der Waals surface area (Å²) in [5, 5.41) is 4.05. The molecule has 1 aliphatic heterocycles. The molecule has 1 saturated heterocycles. The molecule has 0 amide bonds. The standard InChI is InChI=1S/C15H17ClN4/c16-12-4-2-1-3-11(12)14-13(5-6-19-15(14)17)20-9-7-18-8-10-20/h1-6,18H,7-10H2,(H2,17,19). The molecule has 1 fully saturated rings. The maximum atomic E-state index is 6.33. The van der Waals surface area contributed by atoms with Crippen molar-refractivity contribution in [3.8, 4) is 11.1 Å². The Labute approximate surface area is 123 Å². The van der Waals surface area contributed by atoms with Gasteiger partial charge in [-0.15, -0.1) is 0 Å². The molecule has 2 aromatic rings. The quantitative estimate of drug-likeness (QED) is 0.891. The van der Waals surface area contributed by atoms with Crippen LogP contribution in [0.2, 0.25) is 5.02 Å². The van der Waals surface area contributed by atoms with Crippen molar-refractivity contribution in [3.05, 3.63) is 41.6 Å². The Morgan fingerprint density at radius 2 is 1.90 bits per heavy atom. The summed E-state index contributed by atoms with van der Waals surface area (Å²) in [7, 11) is 0. The van der Waals surface area contributed by atoms with Crippen molar-refractivity contribution in [3.63, 3.8) is 0 Å². The predicted octanol–water partition coefficient (Wildman–Crippen LogP) is 2.39. The molecule has 5 heteroatoms. The van der Waals surface area contributed by atoms with Crippen LogP contribution >= 0.6 is 11.6 Å². The second kappa shape index (κ2) is 5.69. The van der Waals surface area contributed by atoms with Crippen molar-refractivity contribution in [2.75, 3.05) is 36.8 Å². The summed E-state index contributed by atoms with van der Waals surface area (Å²) in [6.07, 6.45) is 1.76. The molecule has 104 valence electrons. The van der Waals surface area contributed by atoms with Crippen LogP contribution in [0, 0.1) is 0 Å². The van der Waals surface area contributed by atoms with Crippen LogP contribution in [0.1, 0.15) is 0 Å². The lowest BCUT2D eigenvalue weighted by molar-refractivity contribution is 0.589. The minimum Gasteiger partial charge on any atom is -0.383 e. The number of nitrogen functional groups attached to an aromatic ring is 1. The van der Waals surface area contributed by atoms with Crippen LogP contribution in [0.4, 0.5) is 11.5 Å². The molecule has 0 aliphatic carbocycles. The molecule has 4 nitrogen and oxygen atoms in total. The topological polar surface area (TPSA) is 54.2 Å². The summed E-state index contributed by atoms with van der Waals surface area (Å²) in [4.78, 5) is 6.56. The molecule has 2 heterocycles. The fourth-order valence-electron chi connectivity index (χ4n) is 2.58. The Morgan fingerprint density at radius 1 is 1.15 bits per heavy atom. The fourth-order valence-corrected chi connectivity index (χ4v) is 2.81. The van der Waals surface area contributed by atoms with E-state index in [0.29, 0.717) is 10.8 Å². The molecule has 1 aliphatic rings. The van der Waals surface area contributed by atoms with Crippen LogP contribution in [-0.4, -0.2) is 31.2 Å². The van der Waals surface area contributed by atoms with E-state index in [2.05, 4.69) is 15.2 Å². The van der Waals surface area contributed by atoms with E-state index in [4.69, 9.17) is 17.3 Å². The number of benzene rings is 1. The Bertz CT molecular complexity index is 609. The molecule has 20 heavy (non-hydrogen) atoms. The van der Waals surface area contributed by atoms with Gasteiger partial charge in [-0.3, -0.25) is 0 Å². The van der Waals surface area contributed by atoms with Crippen molar-refractivity contribution < 1.29 is 0 Å². The third-order valence-corrected chi connectivity index (χ3v) is 3.89. The number of nitrogens with zero attached hydrogens (tertiary/aromatic N) is 2. The van der Waals surface area contributed by atoms with Gasteiger partial charge in [-0.1, -0.05) is 29.8 Å². The molecule has 0 bridgehead atoms. The van der Waals surface area contributed by atoms with Crippen molar-refractivity contribution in [1.29, 1.82) is 0 Å². The minimum absolute atomic E-state index is 0.522.